The summed E-state index contributed by atoms with van der Waals surface area (Å²) < 4.78 is 14.8. The Labute approximate surface area is 110 Å². The van der Waals surface area contributed by atoms with Crippen LogP contribution < -0.4 is 0 Å². The Kier molecular flexibility index (Phi) is 10.2. The predicted molar refractivity (Wildman–Crippen MR) is 61.2 cm³/mol. The van der Waals surface area contributed by atoms with E-state index < -0.39 is 8.25 Å². The van der Waals surface area contributed by atoms with Crippen molar-refractivity contribution in [1.82, 2.24) is 0 Å². The van der Waals surface area contributed by atoms with Crippen molar-refractivity contribution < 1.29 is 33.5 Å². The van der Waals surface area contributed by atoms with Crippen molar-refractivity contribution in [3.05, 3.63) is 35.9 Å². The minimum atomic E-state index is -2.72. The quantitative estimate of drug-likeness (QED) is 0.478. The monoisotopic (exact) mass is 292 g/mol. The minimum absolute atomic E-state index is 0. The van der Waals surface area contributed by atoms with Crippen molar-refractivity contribution in [2.24, 2.45) is 0 Å². The van der Waals surface area contributed by atoms with Crippen molar-refractivity contribution in [3.63, 3.8) is 0 Å². The third kappa shape index (κ3) is 8.18. The first-order valence-electron chi connectivity index (χ1n) is 5.18. The van der Waals surface area contributed by atoms with Gasteiger partial charge < -0.3 is 9.42 Å². The molecule has 16 heavy (non-hydrogen) atoms. The molecule has 0 spiro atoms. The first kappa shape index (κ1) is 16.0. The molecule has 0 aliphatic heterocycles. The fraction of sp³-hybridized carbons (Fsp3) is 0.455. The molecule has 0 bridgehead atoms. The maximum atomic E-state index is 10.2. The van der Waals surface area contributed by atoms with Crippen LogP contribution in [-0.4, -0.2) is 11.5 Å². The van der Waals surface area contributed by atoms with Crippen LogP contribution in [0.3, 0.4) is 0 Å². The third-order valence-electron chi connectivity index (χ3n) is 2.18. The van der Waals surface area contributed by atoms with Gasteiger partial charge in [0.2, 0.25) is 0 Å². The summed E-state index contributed by atoms with van der Waals surface area (Å²) in [7, 11) is -2.72. The van der Waals surface area contributed by atoms with Crippen LogP contribution in [0.5, 0.6) is 0 Å². The van der Waals surface area contributed by atoms with Crippen molar-refractivity contribution in [1.29, 1.82) is 0 Å². The predicted octanol–water partition coefficient (Wildman–Crippen LogP) is 2.80. The molecule has 3 nitrogen and oxygen atoms in total. The number of benzene rings is 1. The van der Waals surface area contributed by atoms with Crippen LogP contribution in [0.25, 0.3) is 0 Å². The fourth-order valence-corrected chi connectivity index (χ4v) is 1.73. The summed E-state index contributed by atoms with van der Waals surface area (Å²) >= 11 is 0. The molecule has 1 aromatic carbocycles. The molecule has 1 atom stereocenters. The minimum Gasteiger partial charge on any atom is -0.326 e. The van der Waals surface area contributed by atoms with Gasteiger partial charge in [-0.3, -0.25) is 4.57 Å². The van der Waals surface area contributed by atoms with Gasteiger partial charge in [0.05, 0.1) is 6.61 Å². The summed E-state index contributed by atoms with van der Waals surface area (Å²) in [6, 6.07) is 10.3. The number of hydrogen-bond donors (Lipinski definition) is 1. The van der Waals surface area contributed by atoms with E-state index in [-0.39, 0.29) is 19.5 Å². The van der Waals surface area contributed by atoms with Crippen LogP contribution >= 0.6 is 8.25 Å². The van der Waals surface area contributed by atoms with E-state index in [1.807, 2.05) is 18.2 Å². The molecule has 1 N–H and O–H groups in total. The molecular formula is C11H17O3PZn. The SMILES string of the molecule is O=[PH](O)OCCCCCc1ccccc1.[Zn]. The van der Waals surface area contributed by atoms with Crippen molar-refractivity contribution in [3.8, 4) is 0 Å². The van der Waals surface area contributed by atoms with E-state index >= 15 is 0 Å². The molecule has 0 amide bonds. The number of unbranched alkanes of at least 4 members (excludes halogenated alkanes) is 2. The van der Waals surface area contributed by atoms with Gasteiger partial charge >= 0.3 is 8.25 Å². The smallest absolute Gasteiger partial charge is 0.316 e. The fourth-order valence-electron chi connectivity index (χ4n) is 1.41. The van der Waals surface area contributed by atoms with E-state index in [1.165, 1.54) is 5.56 Å². The summed E-state index contributed by atoms with van der Waals surface area (Å²) in [6.45, 7) is 0.392. The van der Waals surface area contributed by atoms with Crippen molar-refractivity contribution in [2.75, 3.05) is 6.61 Å². The largest absolute Gasteiger partial charge is 0.326 e. The maximum absolute atomic E-state index is 10.2. The first-order valence-corrected chi connectivity index (χ1v) is 6.45. The van der Waals surface area contributed by atoms with Gasteiger partial charge in [-0.1, -0.05) is 36.8 Å². The van der Waals surface area contributed by atoms with E-state index in [9.17, 15) is 4.57 Å². The third-order valence-corrected chi connectivity index (χ3v) is 2.63. The molecule has 0 radical (unpaired) electrons. The van der Waals surface area contributed by atoms with Gasteiger partial charge in [0, 0.05) is 19.5 Å². The van der Waals surface area contributed by atoms with Gasteiger partial charge in [-0.05, 0) is 24.8 Å². The summed E-state index contributed by atoms with van der Waals surface area (Å²) in [5.74, 6) is 0. The zero-order valence-corrected chi connectivity index (χ0v) is 13.4. The van der Waals surface area contributed by atoms with Crippen LogP contribution in [0.2, 0.25) is 0 Å². The second kappa shape index (κ2) is 10.2. The molecule has 1 aromatic rings. The second-order valence-corrected chi connectivity index (χ2v) is 4.23. The average Bonchev–Trinajstić information content (AvgIpc) is 2.24. The van der Waals surface area contributed by atoms with Crippen LogP contribution in [0, 0.1) is 0 Å². The van der Waals surface area contributed by atoms with E-state index in [1.54, 1.807) is 0 Å². The molecule has 0 aliphatic rings. The summed E-state index contributed by atoms with van der Waals surface area (Å²) in [5, 5.41) is 0. The molecule has 86 valence electrons. The Bertz CT molecular complexity index is 293. The second-order valence-electron chi connectivity index (χ2n) is 3.41. The van der Waals surface area contributed by atoms with E-state index in [0.717, 1.165) is 25.7 Å². The molecular weight excluding hydrogens is 276 g/mol. The van der Waals surface area contributed by atoms with Crippen LogP contribution in [0.1, 0.15) is 24.8 Å². The molecule has 1 unspecified atom stereocenters. The van der Waals surface area contributed by atoms with Gasteiger partial charge in [0.25, 0.3) is 0 Å². The molecule has 0 saturated carbocycles. The number of rotatable bonds is 7. The van der Waals surface area contributed by atoms with Crippen LogP contribution in [-0.2, 0) is 35.0 Å². The van der Waals surface area contributed by atoms with E-state index in [2.05, 4.69) is 16.7 Å². The normalized spacial score (nSPS) is 11.8. The molecule has 0 aliphatic carbocycles. The first-order chi connectivity index (χ1) is 7.29. The van der Waals surface area contributed by atoms with Gasteiger partial charge in [0.15, 0.2) is 0 Å². The summed E-state index contributed by atoms with van der Waals surface area (Å²) in [5.41, 5.74) is 1.34. The molecule has 0 saturated heterocycles. The Morgan fingerprint density at radius 2 is 1.81 bits per heavy atom. The Morgan fingerprint density at radius 3 is 2.44 bits per heavy atom. The molecule has 0 heterocycles. The molecule has 5 heteroatoms. The van der Waals surface area contributed by atoms with Gasteiger partial charge in [0.1, 0.15) is 0 Å². The van der Waals surface area contributed by atoms with E-state index in [4.69, 9.17) is 4.89 Å². The van der Waals surface area contributed by atoms with Crippen molar-refractivity contribution >= 4 is 8.25 Å². The Hall–Kier alpha value is -0.00662. The standard InChI is InChI=1S/C11H17O3P.Zn/c12-15(13)14-10-6-2-5-9-11-7-3-1-4-8-11;/h1,3-4,7-8,15H,2,5-6,9-10H2,(H,12,13);. The van der Waals surface area contributed by atoms with Crippen LogP contribution in [0.15, 0.2) is 30.3 Å². The Morgan fingerprint density at radius 1 is 1.12 bits per heavy atom. The van der Waals surface area contributed by atoms with Gasteiger partial charge in [-0.2, -0.15) is 0 Å². The van der Waals surface area contributed by atoms with Gasteiger partial charge in [-0.15, -0.1) is 0 Å². The topological polar surface area (TPSA) is 46.5 Å². The summed E-state index contributed by atoms with van der Waals surface area (Å²) in [4.78, 5) is 8.41. The molecule has 0 aromatic heterocycles. The van der Waals surface area contributed by atoms with Crippen LogP contribution in [0.4, 0.5) is 0 Å². The van der Waals surface area contributed by atoms with Gasteiger partial charge in [-0.25, -0.2) is 0 Å². The average molecular weight is 294 g/mol. The number of aryl methyl sites for hydroxylation is 1. The zero-order valence-electron chi connectivity index (χ0n) is 9.39. The van der Waals surface area contributed by atoms with E-state index in [0.29, 0.717) is 6.61 Å². The zero-order chi connectivity index (χ0) is 10.9. The maximum Gasteiger partial charge on any atom is 0.316 e. The Balaban J connectivity index is 0.00000225. The number of hydrogen-bond acceptors (Lipinski definition) is 2. The molecule has 0 fully saturated rings. The van der Waals surface area contributed by atoms with Crippen molar-refractivity contribution in [2.45, 2.75) is 25.7 Å². The summed E-state index contributed by atoms with van der Waals surface area (Å²) in [6.07, 6.45) is 4.04. The molecule has 1 rings (SSSR count).